The Morgan fingerprint density at radius 2 is 2.18 bits per heavy atom. The lowest BCUT2D eigenvalue weighted by Crippen LogP contribution is -2.34. The number of methoxy groups -OCH3 is 1. The van der Waals surface area contributed by atoms with Crippen LogP contribution in [0.5, 0.6) is 5.75 Å². The first-order valence-corrected chi connectivity index (χ1v) is 6.97. The SMILES string of the molecule is CNC(=O)[C@@H]1CN(C(=O)c2ccc(OC)c(F)c2)C[C@H]1CO. The van der Waals surface area contributed by atoms with Gasteiger partial charge < -0.3 is 20.1 Å². The monoisotopic (exact) mass is 310 g/mol. The minimum atomic E-state index is -0.617. The van der Waals surface area contributed by atoms with E-state index >= 15 is 0 Å². The first kappa shape index (κ1) is 16.2. The minimum absolute atomic E-state index is 0.0643. The molecule has 1 fully saturated rings. The predicted octanol–water partition coefficient (Wildman–Crippen LogP) is 0.261. The van der Waals surface area contributed by atoms with Crippen LogP contribution in [0.2, 0.25) is 0 Å². The van der Waals surface area contributed by atoms with E-state index in [1.807, 2.05) is 0 Å². The molecule has 1 heterocycles. The predicted molar refractivity (Wildman–Crippen MR) is 77.0 cm³/mol. The van der Waals surface area contributed by atoms with Gasteiger partial charge in [0.15, 0.2) is 11.6 Å². The van der Waals surface area contributed by atoms with E-state index in [-0.39, 0.29) is 48.7 Å². The van der Waals surface area contributed by atoms with Crippen molar-refractivity contribution in [3.63, 3.8) is 0 Å². The quantitative estimate of drug-likeness (QED) is 0.836. The van der Waals surface area contributed by atoms with Crippen LogP contribution in [0.1, 0.15) is 10.4 Å². The zero-order valence-corrected chi connectivity index (χ0v) is 12.5. The molecule has 0 aromatic heterocycles. The molecule has 1 aromatic carbocycles. The summed E-state index contributed by atoms with van der Waals surface area (Å²) in [5.41, 5.74) is 0.188. The Balaban J connectivity index is 2.16. The summed E-state index contributed by atoms with van der Waals surface area (Å²) in [6.45, 7) is 0.289. The van der Waals surface area contributed by atoms with Crippen LogP contribution < -0.4 is 10.1 Å². The number of carbonyl (C=O) groups is 2. The van der Waals surface area contributed by atoms with Crippen LogP contribution in [0, 0.1) is 17.7 Å². The highest BCUT2D eigenvalue weighted by molar-refractivity contribution is 5.95. The topological polar surface area (TPSA) is 78.9 Å². The van der Waals surface area contributed by atoms with Crippen LogP contribution in [0.25, 0.3) is 0 Å². The molecule has 2 amide bonds. The molecular weight excluding hydrogens is 291 g/mol. The van der Waals surface area contributed by atoms with E-state index in [2.05, 4.69) is 5.32 Å². The number of nitrogens with zero attached hydrogens (tertiary/aromatic N) is 1. The molecule has 0 spiro atoms. The number of amides is 2. The highest BCUT2D eigenvalue weighted by Crippen LogP contribution is 2.26. The Kier molecular flexibility index (Phi) is 4.97. The molecule has 0 unspecified atom stereocenters. The van der Waals surface area contributed by atoms with Gasteiger partial charge in [-0.3, -0.25) is 9.59 Å². The number of aliphatic hydroxyl groups is 1. The lowest BCUT2D eigenvalue weighted by Gasteiger charge is -2.16. The summed E-state index contributed by atoms with van der Waals surface area (Å²) in [6.07, 6.45) is 0. The van der Waals surface area contributed by atoms with E-state index < -0.39 is 11.7 Å². The van der Waals surface area contributed by atoms with E-state index in [4.69, 9.17) is 4.74 Å². The van der Waals surface area contributed by atoms with Crippen molar-refractivity contribution in [2.24, 2.45) is 11.8 Å². The summed E-state index contributed by atoms with van der Waals surface area (Å²) < 4.78 is 18.5. The van der Waals surface area contributed by atoms with E-state index in [1.165, 1.54) is 31.2 Å². The van der Waals surface area contributed by atoms with E-state index in [0.717, 1.165) is 6.07 Å². The minimum Gasteiger partial charge on any atom is -0.494 e. The van der Waals surface area contributed by atoms with Gasteiger partial charge in [0.2, 0.25) is 5.91 Å². The Morgan fingerprint density at radius 1 is 1.45 bits per heavy atom. The second kappa shape index (κ2) is 6.74. The third kappa shape index (κ3) is 3.04. The van der Waals surface area contributed by atoms with Crippen molar-refractivity contribution in [1.29, 1.82) is 0 Å². The fourth-order valence-electron chi connectivity index (χ4n) is 2.69. The molecular formula is C15H19FN2O4. The molecule has 2 atom stereocenters. The van der Waals surface area contributed by atoms with Gasteiger partial charge in [0, 0.05) is 38.2 Å². The number of nitrogens with one attached hydrogen (secondary N) is 1. The molecule has 1 aromatic rings. The Hall–Kier alpha value is -2.15. The number of halogens is 1. The zero-order valence-electron chi connectivity index (χ0n) is 12.5. The molecule has 0 bridgehead atoms. The third-order valence-electron chi connectivity index (χ3n) is 3.94. The van der Waals surface area contributed by atoms with Gasteiger partial charge in [0.1, 0.15) is 0 Å². The van der Waals surface area contributed by atoms with Gasteiger partial charge in [-0.1, -0.05) is 0 Å². The van der Waals surface area contributed by atoms with Crippen molar-refractivity contribution in [2.75, 3.05) is 33.9 Å². The molecule has 1 saturated heterocycles. The van der Waals surface area contributed by atoms with Gasteiger partial charge in [0.05, 0.1) is 13.0 Å². The number of carbonyl (C=O) groups excluding carboxylic acids is 2. The number of rotatable bonds is 4. The Labute approximate surface area is 127 Å². The molecule has 120 valence electrons. The maximum absolute atomic E-state index is 13.7. The average Bonchev–Trinajstić information content (AvgIpc) is 2.97. The number of hydrogen-bond acceptors (Lipinski definition) is 4. The third-order valence-corrected chi connectivity index (χ3v) is 3.94. The van der Waals surface area contributed by atoms with Crippen LogP contribution in [-0.2, 0) is 4.79 Å². The van der Waals surface area contributed by atoms with Gasteiger partial charge in [-0.15, -0.1) is 0 Å². The molecule has 0 saturated carbocycles. The lowest BCUT2D eigenvalue weighted by atomic mass is 9.96. The fraction of sp³-hybridized carbons (Fsp3) is 0.467. The van der Waals surface area contributed by atoms with Crippen molar-refractivity contribution >= 4 is 11.8 Å². The Morgan fingerprint density at radius 3 is 2.73 bits per heavy atom. The normalized spacial score (nSPS) is 20.8. The molecule has 1 aliphatic heterocycles. The number of ether oxygens (including phenoxy) is 1. The van der Waals surface area contributed by atoms with Gasteiger partial charge in [-0.05, 0) is 18.2 Å². The molecule has 2 rings (SSSR count). The molecule has 22 heavy (non-hydrogen) atoms. The molecule has 2 N–H and O–H groups in total. The van der Waals surface area contributed by atoms with Crippen molar-refractivity contribution in [3.05, 3.63) is 29.6 Å². The summed E-state index contributed by atoms with van der Waals surface area (Å²) in [4.78, 5) is 25.7. The lowest BCUT2D eigenvalue weighted by molar-refractivity contribution is -0.125. The van der Waals surface area contributed by atoms with E-state index in [9.17, 15) is 19.1 Å². The molecule has 1 aliphatic rings. The fourth-order valence-corrected chi connectivity index (χ4v) is 2.69. The summed E-state index contributed by atoms with van der Waals surface area (Å²) >= 11 is 0. The first-order chi connectivity index (χ1) is 10.5. The highest BCUT2D eigenvalue weighted by atomic mass is 19.1. The average molecular weight is 310 g/mol. The van der Waals surface area contributed by atoms with Crippen molar-refractivity contribution in [2.45, 2.75) is 0 Å². The van der Waals surface area contributed by atoms with Gasteiger partial charge in [-0.25, -0.2) is 4.39 Å². The van der Waals surface area contributed by atoms with Crippen molar-refractivity contribution < 1.29 is 23.8 Å². The molecule has 7 heteroatoms. The summed E-state index contributed by atoms with van der Waals surface area (Å²) in [7, 11) is 2.86. The van der Waals surface area contributed by atoms with E-state index in [1.54, 1.807) is 0 Å². The summed E-state index contributed by atoms with van der Waals surface area (Å²) in [5.74, 6) is -1.90. The maximum Gasteiger partial charge on any atom is 0.253 e. The molecule has 6 nitrogen and oxygen atoms in total. The van der Waals surface area contributed by atoms with E-state index in [0.29, 0.717) is 0 Å². The largest absolute Gasteiger partial charge is 0.494 e. The summed E-state index contributed by atoms with van der Waals surface area (Å²) in [6, 6.07) is 3.98. The number of aliphatic hydroxyl groups excluding tert-OH is 1. The Bertz CT molecular complexity index is 579. The summed E-state index contributed by atoms with van der Waals surface area (Å²) in [5, 5.41) is 11.9. The zero-order chi connectivity index (χ0) is 16.3. The molecule has 0 radical (unpaired) electrons. The smallest absolute Gasteiger partial charge is 0.253 e. The second-order valence-electron chi connectivity index (χ2n) is 5.22. The van der Waals surface area contributed by atoms with Crippen LogP contribution in [0.15, 0.2) is 18.2 Å². The molecule has 0 aliphatic carbocycles. The maximum atomic E-state index is 13.7. The van der Waals surface area contributed by atoms with Crippen LogP contribution >= 0.6 is 0 Å². The van der Waals surface area contributed by atoms with Crippen molar-refractivity contribution in [1.82, 2.24) is 10.2 Å². The number of hydrogen-bond donors (Lipinski definition) is 2. The second-order valence-corrected chi connectivity index (χ2v) is 5.22. The van der Waals surface area contributed by atoms with Gasteiger partial charge in [0.25, 0.3) is 5.91 Å². The van der Waals surface area contributed by atoms with Gasteiger partial charge >= 0.3 is 0 Å². The number of benzene rings is 1. The number of likely N-dealkylation sites (tertiary alicyclic amines) is 1. The standard InChI is InChI=1S/C15H19FN2O4/c1-17-14(20)11-7-18(6-10(11)8-19)15(21)9-3-4-13(22-2)12(16)5-9/h3-5,10-11,19H,6-8H2,1-2H3,(H,17,20)/t10-,11+/m0/s1. The van der Waals surface area contributed by atoms with Crippen LogP contribution in [0.3, 0.4) is 0 Å². The van der Waals surface area contributed by atoms with Crippen LogP contribution in [-0.4, -0.2) is 55.7 Å². The first-order valence-electron chi connectivity index (χ1n) is 6.97. The van der Waals surface area contributed by atoms with Crippen LogP contribution in [0.4, 0.5) is 4.39 Å². The van der Waals surface area contributed by atoms with Gasteiger partial charge in [-0.2, -0.15) is 0 Å². The highest BCUT2D eigenvalue weighted by Gasteiger charge is 2.39. The van der Waals surface area contributed by atoms with Crippen molar-refractivity contribution in [3.8, 4) is 5.75 Å².